The van der Waals surface area contributed by atoms with Crippen LogP contribution < -0.4 is 10.6 Å². The Morgan fingerprint density at radius 2 is 2.21 bits per heavy atom. The van der Waals surface area contributed by atoms with Gasteiger partial charge >= 0.3 is 0 Å². The third-order valence-corrected chi connectivity index (χ3v) is 3.77. The zero-order chi connectivity index (χ0) is 13.7. The summed E-state index contributed by atoms with van der Waals surface area (Å²) in [7, 11) is 0. The highest BCUT2D eigenvalue weighted by Crippen LogP contribution is 2.30. The molecule has 0 spiro atoms. The summed E-state index contributed by atoms with van der Waals surface area (Å²) in [5.74, 6) is 0.102. The molecule has 0 saturated heterocycles. The van der Waals surface area contributed by atoms with Gasteiger partial charge in [0.1, 0.15) is 0 Å². The van der Waals surface area contributed by atoms with Gasteiger partial charge in [-0.25, -0.2) is 0 Å². The van der Waals surface area contributed by atoms with Gasteiger partial charge in [0, 0.05) is 12.1 Å². The number of carbonyl (C=O) groups excluding carboxylic acids is 1. The highest BCUT2D eigenvalue weighted by molar-refractivity contribution is 5.78. The molecule has 19 heavy (non-hydrogen) atoms. The predicted octanol–water partition coefficient (Wildman–Crippen LogP) is 2.57. The molecule has 1 aliphatic rings. The molecule has 3 heteroatoms. The Morgan fingerprint density at radius 3 is 3.00 bits per heavy atom. The zero-order valence-corrected chi connectivity index (χ0v) is 11.9. The van der Waals surface area contributed by atoms with Gasteiger partial charge in [0.25, 0.3) is 0 Å². The summed E-state index contributed by atoms with van der Waals surface area (Å²) >= 11 is 0. The number of hydrogen-bond acceptors (Lipinski definition) is 2. The smallest absolute Gasteiger partial charge is 0.234 e. The first kappa shape index (κ1) is 14.1. The van der Waals surface area contributed by atoms with Gasteiger partial charge in [0.2, 0.25) is 5.91 Å². The van der Waals surface area contributed by atoms with Crippen LogP contribution in [0, 0.1) is 0 Å². The maximum absolute atomic E-state index is 11.8. The van der Waals surface area contributed by atoms with E-state index in [1.165, 1.54) is 11.1 Å². The van der Waals surface area contributed by atoms with Crippen molar-refractivity contribution in [3.8, 4) is 0 Å². The molecule has 0 radical (unpaired) electrons. The molecule has 2 atom stereocenters. The van der Waals surface area contributed by atoms with Crippen LogP contribution in [-0.2, 0) is 11.2 Å². The van der Waals surface area contributed by atoms with Gasteiger partial charge in [-0.05, 0) is 37.3 Å². The number of aryl methyl sites for hydroxylation is 1. The van der Waals surface area contributed by atoms with Crippen LogP contribution in [0.25, 0.3) is 0 Å². The molecule has 0 saturated carbocycles. The molecule has 0 aromatic heterocycles. The molecule has 0 aliphatic heterocycles. The van der Waals surface area contributed by atoms with Gasteiger partial charge in [-0.2, -0.15) is 0 Å². The summed E-state index contributed by atoms with van der Waals surface area (Å²) < 4.78 is 0. The van der Waals surface area contributed by atoms with E-state index < -0.39 is 0 Å². The predicted molar refractivity (Wildman–Crippen MR) is 78.0 cm³/mol. The average molecular weight is 260 g/mol. The second-order valence-electron chi connectivity index (χ2n) is 5.43. The summed E-state index contributed by atoms with van der Waals surface area (Å²) in [6.45, 7) is 4.61. The fourth-order valence-electron chi connectivity index (χ4n) is 2.82. The van der Waals surface area contributed by atoms with Crippen molar-refractivity contribution in [2.45, 2.75) is 51.6 Å². The molecule has 2 rings (SSSR count). The van der Waals surface area contributed by atoms with E-state index in [0.29, 0.717) is 12.6 Å². The van der Waals surface area contributed by atoms with E-state index in [-0.39, 0.29) is 11.9 Å². The quantitative estimate of drug-likeness (QED) is 0.825. The number of amides is 1. The second kappa shape index (κ2) is 6.71. The van der Waals surface area contributed by atoms with Gasteiger partial charge in [-0.3, -0.25) is 4.79 Å². The van der Waals surface area contributed by atoms with Crippen molar-refractivity contribution >= 4 is 5.91 Å². The van der Waals surface area contributed by atoms with Crippen LogP contribution in [0.5, 0.6) is 0 Å². The lowest BCUT2D eigenvalue weighted by Gasteiger charge is -2.16. The Morgan fingerprint density at radius 1 is 1.42 bits per heavy atom. The standard InChI is InChI=1S/C16H24N2O/c1-3-6-12(2)18-16(19)11-17-15-10-9-13-7-4-5-8-14(13)15/h4-5,7-8,12,15,17H,3,6,9-11H2,1-2H3,(H,18,19). The Balaban J connectivity index is 1.79. The molecular formula is C16H24N2O. The number of fused-ring (bicyclic) bond motifs is 1. The second-order valence-corrected chi connectivity index (χ2v) is 5.43. The number of benzene rings is 1. The Labute approximate surface area is 115 Å². The summed E-state index contributed by atoms with van der Waals surface area (Å²) in [5.41, 5.74) is 2.77. The highest BCUT2D eigenvalue weighted by Gasteiger charge is 2.21. The van der Waals surface area contributed by atoms with Crippen LogP contribution >= 0.6 is 0 Å². The van der Waals surface area contributed by atoms with Gasteiger partial charge in [-0.1, -0.05) is 37.6 Å². The molecule has 104 valence electrons. The first-order chi connectivity index (χ1) is 9.20. The monoisotopic (exact) mass is 260 g/mol. The third-order valence-electron chi connectivity index (χ3n) is 3.77. The number of rotatable bonds is 6. The van der Waals surface area contributed by atoms with E-state index in [9.17, 15) is 4.79 Å². The van der Waals surface area contributed by atoms with Crippen LogP contribution in [0.3, 0.4) is 0 Å². The molecule has 2 unspecified atom stereocenters. The third kappa shape index (κ3) is 3.80. The van der Waals surface area contributed by atoms with E-state index in [0.717, 1.165) is 25.7 Å². The minimum absolute atomic E-state index is 0.102. The van der Waals surface area contributed by atoms with Crippen LogP contribution in [0.2, 0.25) is 0 Å². The summed E-state index contributed by atoms with van der Waals surface area (Å²) in [6.07, 6.45) is 4.35. The van der Waals surface area contributed by atoms with E-state index >= 15 is 0 Å². The van der Waals surface area contributed by atoms with Crippen molar-refractivity contribution in [3.05, 3.63) is 35.4 Å². The van der Waals surface area contributed by atoms with E-state index in [2.05, 4.69) is 48.7 Å². The van der Waals surface area contributed by atoms with E-state index in [4.69, 9.17) is 0 Å². The maximum atomic E-state index is 11.8. The van der Waals surface area contributed by atoms with Gasteiger partial charge in [0.05, 0.1) is 6.54 Å². The van der Waals surface area contributed by atoms with Gasteiger partial charge in [0.15, 0.2) is 0 Å². The maximum Gasteiger partial charge on any atom is 0.234 e. The summed E-state index contributed by atoms with van der Waals surface area (Å²) in [4.78, 5) is 11.8. The molecule has 2 N–H and O–H groups in total. The van der Waals surface area contributed by atoms with Crippen molar-refractivity contribution < 1.29 is 4.79 Å². The molecule has 1 aliphatic carbocycles. The molecule has 0 heterocycles. The Kier molecular flexibility index (Phi) is 4.97. The largest absolute Gasteiger partial charge is 0.353 e. The van der Waals surface area contributed by atoms with E-state index in [1.54, 1.807) is 0 Å². The van der Waals surface area contributed by atoms with Crippen LogP contribution in [0.4, 0.5) is 0 Å². The molecule has 1 aromatic carbocycles. The van der Waals surface area contributed by atoms with Crippen molar-refractivity contribution in [1.29, 1.82) is 0 Å². The number of hydrogen-bond donors (Lipinski definition) is 2. The SMILES string of the molecule is CCCC(C)NC(=O)CNC1CCc2ccccc21. The minimum Gasteiger partial charge on any atom is -0.353 e. The van der Waals surface area contributed by atoms with Crippen molar-refractivity contribution in [3.63, 3.8) is 0 Å². The summed E-state index contributed by atoms with van der Waals surface area (Å²) in [5, 5.41) is 6.40. The van der Waals surface area contributed by atoms with Crippen LogP contribution in [-0.4, -0.2) is 18.5 Å². The highest BCUT2D eigenvalue weighted by atomic mass is 16.1. The minimum atomic E-state index is 0.102. The molecule has 0 fully saturated rings. The average Bonchev–Trinajstić information content (AvgIpc) is 2.80. The molecular weight excluding hydrogens is 236 g/mol. The van der Waals surface area contributed by atoms with Crippen LogP contribution in [0.15, 0.2) is 24.3 Å². The normalized spacial score (nSPS) is 18.9. The number of carbonyl (C=O) groups is 1. The fraction of sp³-hybridized carbons (Fsp3) is 0.562. The summed E-state index contributed by atoms with van der Waals surface area (Å²) in [6, 6.07) is 9.11. The fourth-order valence-corrected chi connectivity index (χ4v) is 2.82. The molecule has 1 amide bonds. The Hall–Kier alpha value is -1.35. The lowest BCUT2D eigenvalue weighted by atomic mass is 10.1. The molecule has 1 aromatic rings. The lowest BCUT2D eigenvalue weighted by Crippen LogP contribution is -2.39. The first-order valence-corrected chi connectivity index (χ1v) is 7.31. The topological polar surface area (TPSA) is 41.1 Å². The van der Waals surface area contributed by atoms with Gasteiger partial charge < -0.3 is 10.6 Å². The van der Waals surface area contributed by atoms with Crippen molar-refractivity contribution in [1.82, 2.24) is 10.6 Å². The first-order valence-electron chi connectivity index (χ1n) is 7.31. The molecule has 3 nitrogen and oxygen atoms in total. The number of nitrogens with one attached hydrogen (secondary N) is 2. The van der Waals surface area contributed by atoms with Crippen molar-refractivity contribution in [2.75, 3.05) is 6.54 Å². The van der Waals surface area contributed by atoms with Gasteiger partial charge in [-0.15, -0.1) is 0 Å². The van der Waals surface area contributed by atoms with Crippen molar-refractivity contribution in [2.24, 2.45) is 0 Å². The Bertz CT molecular complexity index is 431. The zero-order valence-electron chi connectivity index (χ0n) is 11.9. The lowest BCUT2D eigenvalue weighted by molar-refractivity contribution is -0.121. The van der Waals surface area contributed by atoms with Crippen LogP contribution in [0.1, 0.15) is 50.3 Å². The molecule has 0 bridgehead atoms. The van der Waals surface area contributed by atoms with E-state index in [1.807, 2.05) is 0 Å².